The topological polar surface area (TPSA) is 101 Å². The first-order valence-corrected chi connectivity index (χ1v) is 7.94. The lowest BCUT2D eigenvalue weighted by Gasteiger charge is -2.08. The van der Waals surface area contributed by atoms with Crippen molar-refractivity contribution in [1.29, 1.82) is 0 Å². The van der Waals surface area contributed by atoms with Crippen molar-refractivity contribution in [3.63, 3.8) is 0 Å². The fraction of sp³-hybridized carbons (Fsp3) is 0.150. The maximum atomic E-state index is 11.3. The van der Waals surface area contributed by atoms with Crippen LogP contribution in [0, 0.1) is 20.8 Å². The summed E-state index contributed by atoms with van der Waals surface area (Å²) >= 11 is 0. The van der Waals surface area contributed by atoms with E-state index in [2.05, 4.69) is 4.98 Å². The molecule has 0 radical (unpaired) electrons. The second-order valence-electron chi connectivity index (χ2n) is 6.03. The lowest BCUT2D eigenvalue weighted by atomic mass is 9.98. The monoisotopic (exact) mass is 351 g/mol. The van der Waals surface area contributed by atoms with Gasteiger partial charge in [0, 0.05) is 11.1 Å². The predicted molar refractivity (Wildman–Crippen MR) is 95.5 cm³/mol. The largest absolute Gasteiger partial charge is 0.478 e. The number of hydrogen-bond acceptors (Lipinski definition) is 4. The summed E-state index contributed by atoms with van der Waals surface area (Å²) in [7, 11) is 0. The Bertz CT molecular complexity index is 1020. The van der Waals surface area contributed by atoms with Crippen LogP contribution in [0.4, 0.5) is 0 Å². The van der Waals surface area contributed by atoms with Crippen molar-refractivity contribution in [1.82, 2.24) is 4.98 Å². The summed E-state index contributed by atoms with van der Waals surface area (Å²) in [6.07, 6.45) is 0. The van der Waals surface area contributed by atoms with Gasteiger partial charge in [0.25, 0.3) is 0 Å². The molecule has 3 rings (SSSR count). The Balaban J connectivity index is 2.05. The molecule has 0 atom stereocenters. The third-order valence-corrected chi connectivity index (χ3v) is 4.44. The SMILES string of the molecule is Cc1nc(-c2ccc(C(=O)O)c(C)c2C)oc1-c1ccc(C(=O)O)cc1. The van der Waals surface area contributed by atoms with Crippen LogP contribution in [-0.2, 0) is 0 Å². The highest BCUT2D eigenvalue weighted by atomic mass is 16.4. The average Bonchev–Trinajstić information content (AvgIpc) is 2.98. The molecule has 26 heavy (non-hydrogen) atoms. The Kier molecular flexibility index (Phi) is 4.34. The van der Waals surface area contributed by atoms with E-state index in [1.54, 1.807) is 38.1 Å². The molecule has 6 nitrogen and oxygen atoms in total. The molecule has 3 aromatic rings. The van der Waals surface area contributed by atoms with E-state index in [9.17, 15) is 14.7 Å². The molecule has 6 heteroatoms. The van der Waals surface area contributed by atoms with Crippen LogP contribution in [0.3, 0.4) is 0 Å². The summed E-state index contributed by atoms with van der Waals surface area (Å²) in [5.74, 6) is -1.01. The lowest BCUT2D eigenvalue weighted by molar-refractivity contribution is 0.0685. The van der Waals surface area contributed by atoms with Crippen molar-refractivity contribution < 1.29 is 24.2 Å². The Labute approximate surface area is 149 Å². The van der Waals surface area contributed by atoms with Crippen molar-refractivity contribution in [3.8, 4) is 22.8 Å². The first-order valence-electron chi connectivity index (χ1n) is 7.94. The summed E-state index contributed by atoms with van der Waals surface area (Å²) in [6, 6.07) is 9.60. The van der Waals surface area contributed by atoms with Crippen molar-refractivity contribution in [2.45, 2.75) is 20.8 Å². The molecular weight excluding hydrogens is 334 g/mol. The van der Waals surface area contributed by atoms with E-state index in [4.69, 9.17) is 9.52 Å². The second kappa shape index (κ2) is 6.48. The fourth-order valence-electron chi connectivity index (χ4n) is 2.83. The molecule has 0 bridgehead atoms. The smallest absolute Gasteiger partial charge is 0.335 e. The van der Waals surface area contributed by atoms with Crippen molar-refractivity contribution in [2.24, 2.45) is 0 Å². The Hall–Kier alpha value is -3.41. The zero-order chi connectivity index (χ0) is 19.0. The molecule has 2 aromatic carbocycles. The highest BCUT2D eigenvalue weighted by molar-refractivity contribution is 5.91. The molecule has 1 aromatic heterocycles. The van der Waals surface area contributed by atoms with Gasteiger partial charge < -0.3 is 14.6 Å². The fourth-order valence-corrected chi connectivity index (χ4v) is 2.83. The average molecular weight is 351 g/mol. The molecule has 0 aliphatic carbocycles. The van der Waals surface area contributed by atoms with E-state index >= 15 is 0 Å². The molecule has 2 N–H and O–H groups in total. The molecule has 0 aliphatic rings. The molecule has 0 fully saturated rings. The number of hydrogen-bond donors (Lipinski definition) is 2. The van der Waals surface area contributed by atoms with Crippen LogP contribution in [0.25, 0.3) is 22.8 Å². The summed E-state index contributed by atoms with van der Waals surface area (Å²) < 4.78 is 5.92. The molecule has 0 saturated carbocycles. The van der Waals surface area contributed by atoms with Crippen LogP contribution in [0.15, 0.2) is 40.8 Å². The van der Waals surface area contributed by atoms with Gasteiger partial charge in [0.15, 0.2) is 5.76 Å². The normalized spacial score (nSPS) is 10.7. The predicted octanol–water partition coefficient (Wildman–Crippen LogP) is 4.33. The maximum absolute atomic E-state index is 11.3. The van der Waals surface area contributed by atoms with E-state index in [0.717, 1.165) is 16.7 Å². The van der Waals surface area contributed by atoms with Gasteiger partial charge in [-0.25, -0.2) is 14.6 Å². The number of aryl methyl sites for hydroxylation is 1. The van der Waals surface area contributed by atoms with Crippen LogP contribution in [0.2, 0.25) is 0 Å². The molecule has 1 heterocycles. The van der Waals surface area contributed by atoms with Gasteiger partial charge in [-0.05, 0) is 56.2 Å². The molecule has 0 unspecified atom stereocenters. The molecular formula is C20H17NO5. The van der Waals surface area contributed by atoms with Crippen molar-refractivity contribution in [2.75, 3.05) is 0 Å². The minimum atomic E-state index is -0.990. The zero-order valence-corrected chi connectivity index (χ0v) is 14.5. The first-order chi connectivity index (χ1) is 12.3. The summed E-state index contributed by atoms with van der Waals surface area (Å²) in [5, 5.41) is 18.2. The summed E-state index contributed by atoms with van der Waals surface area (Å²) in [5.41, 5.74) is 4.02. The number of carboxylic acid groups (broad SMARTS) is 2. The van der Waals surface area contributed by atoms with Gasteiger partial charge in [0.05, 0.1) is 16.8 Å². The number of oxazole rings is 1. The van der Waals surface area contributed by atoms with Gasteiger partial charge in [-0.15, -0.1) is 0 Å². The number of rotatable bonds is 4. The molecule has 0 spiro atoms. The number of nitrogens with zero attached hydrogens (tertiary/aromatic N) is 1. The highest BCUT2D eigenvalue weighted by Gasteiger charge is 2.18. The third-order valence-electron chi connectivity index (χ3n) is 4.44. The Morgan fingerprint density at radius 3 is 2.12 bits per heavy atom. The van der Waals surface area contributed by atoms with Crippen LogP contribution < -0.4 is 0 Å². The number of carboxylic acids is 2. The van der Waals surface area contributed by atoms with E-state index in [1.165, 1.54) is 12.1 Å². The van der Waals surface area contributed by atoms with Gasteiger partial charge in [-0.1, -0.05) is 12.1 Å². The van der Waals surface area contributed by atoms with Crippen LogP contribution in [0.1, 0.15) is 37.5 Å². The summed E-state index contributed by atoms with van der Waals surface area (Å²) in [6.45, 7) is 5.39. The van der Waals surface area contributed by atoms with Gasteiger partial charge in [0.1, 0.15) is 0 Å². The van der Waals surface area contributed by atoms with Gasteiger partial charge in [-0.3, -0.25) is 0 Å². The molecule has 0 amide bonds. The minimum Gasteiger partial charge on any atom is -0.478 e. The summed E-state index contributed by atoms with van der Waals surface area (Å²) in [4.78, 5) is 26.7. The van der Waals surface area contributed by atoms with Crippen molar-refractivity contribution in [3.05, 3.63) is 64.3 Å². The minimum absolute atomic E-state index is 0.196. The van der Waals surface area contributed by atoms with Gasteiger partial charge in [-0.2, -0.15) is 0 Å². The quantitative estimate of drug-likeness (QED) is 0.725. The lowest BCUT2D eigenvalue weighted by Crippen LogP contribution is -2.02. The maximum Gasteiger partial charge on any atom is 0.335 e. The van der Waals surface area contributed by atoms with Gasteiger partial charge >= 0.3 is 11.9 Å². The second-order valence-corrected chi connectivity index (χ2v) is 6.03. The zero-order valence-electron chi connectivity index (χ0n) is 14.5. The number of benzene rings is 2. The number of carbonyl (C=O) groups is 2. The van der Waals surface area contributed by atoms with Crippen LogP contribution >= 0.6 is 0 Å². The Morgan fingerprint density at radius 2 is 1.54 bits per heavy atom. The number of aromatic carboxylic acids is 2. The first kappa shape index (κ1) is 17.4. The number of aromatic nitrogens is 1. The van der Waals surface area contributed by atoms with Crippen molar-refractivity contribution >= 4 is 11.9 Å². The molecule has 0 saturated heterocycles. The third kappa shape index (κ3) is 2.97. The van der Waals surface area contributed by atoms with E-state index < -0.39 is 11.9 Å². The van der Waals surface area contributed by atoms with Crippen LogP contribution in [-0.4, -0.2) is 27.1 Å². The van der Waals surface area contributed by atoms with E-state index in [-0.39, 0.29) is 11.1 Å². The van der Waals surface area contributed by atoms with Gasteiger partial charge in [0.2, 0.25) is 5.89 Å². The van der Waals surface area contributed by atoms with Crippen LogP contribution in [0.5, 0.6) is 0 Å². The Morgan fingerprint density at radius 1 is 0.885 bits per heavy atom. The standard InChI is InChI=1S/C20H17NO5/c1-10-11(2)16(20(24)25)9-8-15(10)18-21-12(3)17(26-18)13-4-6-14(7-5-13)19(22)23/h4-9H,1-3H3,(H,22,23)(H,24,25). The van der Waals surface area contributed by atoms with E-state index in [1.807, 2.05) is 6.92 Å². The highest BCUT2D eigenvalue weighted by Crippen LogP contribution is 2.32. The van der Waals surface area contributed by atoms with E-state index in [0.29, 0.717) is 22.9 Å². The molecule has 132 valence electrons. The molecule has 0 aliphatic heterocycles.